The van der Waals surface area contributed by atoms with Crippen molar-refractivity contribution in [1.29, 1.82) is 0 Å². The molecule has 0 atom stereocenters. The lowest BCUT2D eigenvalue weighted by molar-refractivity contribution is 0.732. The Hall–Kier alpha value is -1.06. The lowest BCUT2D eigenvalue weighted by atomic mass is 10.1. The average molecular weight is 206 g/mol. The SMILES string of the molecule is CCNCc1csc2cccc(N)c12. The third-order valence-corrected chi connectivity index (χ3v) is 3.27. The molecule has 1 aromatic carbocycles. The van der Waals surface area contributed by atoms with Gasteiger partial charge in [-0.05, 0) is 29.6 Å². The zero-order valence-electron chi connectivity index (χ0n) is 8.21. The van der Waals surface area contributed by atoms with E-state index in [0.29, 0.717) is 0 Å². The summed E-state index contributed by atoms with van der Waals surface area (Å²) in [5.41, 5.74) is 8.15. The minimum absolute atomic E-state index is 0.886. The van der Waals surface area contributed by atoms with Crippen molar-refractivity contribution in [2.75, 3.05) is 12.3 Å². The lowest BCUT2D eigenvalue weighted by Crippen LogP contribution is -2.11. The maximum atomic E-state index is 5.95. The number of nitrogens with one attached hydrogen (secondary N) is 1. The number of benzene rings is 1. The Balaban J connectivity index is 2.45. The van der Waals surface area contributed by atoms with Crippen LogP contribution in [0.2, 0.25) is 0 Å². The van der Waals surface area contributed by atoms with Gasteiger partial charge in [0.15, 0.2) is 0 Å². The van der Waals surface area contributed by atoms with Gasteiger partial charge in [-0.1, -0.05) is 13.0 Å². The molecule has 0 aliphatic rings. The predicted molar refractivity (Wildman–Crippen MR) is 63.6 cm³/mol. The minimum Gasteiger partial charge on any atom is -0.398 e. The van der Waals surface area contributed by atoms with E-state index in [9.17, 15) is 0 Å². The Bertz CT molecular complexity index is 434. The van der Waals surface area contributed by atoms with Crippen molar-refractivity contribution in [3.63, 3.8) is 0 Å². The highest BCUT2D eigenvalue weighted by Gasteiger charge is 2.05. The molecule has 14 heavy (non-hydrogen) atoms. The second kappa shape index (κ2) is 3.98. The van der Waals surface area contributed by atoms with Gasteiger partial charge in [-0.3, -0.25) is 0 Å². The molecule has 1 heterocycles. The lowest BCUT2D eigenvalue weighted by Gasteiger charge is -2.02. The summed E-state index contributed by atoms with van der Waals surface area (Å²) in [6, 6.07) is 6.08. The molecule has 3 N–H and O–H groups in total. The molecule has 0 fully saturated rings. The van der Waals surface area contributed by atoms with Crippen LogP contribution in [0.1, 0.15) is 12.5 Å². The third-order valence-electron chi connectivity index (χ3n) is 2.27. The Morgan fingerprint density at radius 3 is 3.07 bits per heavy atom. The van der Waals surface area contributed by atoms with E-state index < -0.39 is 0 Å². The van der Waals surface area contributed by atoms with Crippen LogP contribution in [0.4, 0.5) is 5.69 Å². The molecule has 0 saturated heterocycles. The monoisotopic (exact) mass is 206 g/mol. The largest absolute Gasteiger partial charge is 0.398 e. The molecule has 1 aromatic heterocycles. The molecule has 0 aliphatic carbocycles. The van der Waals surface area contributed by atoms with Crippen molar-refractivity contribution in [3.8, 4) is 0 Å². The first kappa shape index (κ1) is 9.49. The van der Waals surface area contributed by atoms with Crippen molar-refractivity contribution < 1.29 is 0 Å². The third kappa shape index (κ3) is 1.61. The van der Waals surface area contributed by atoms with Gasteiger partial charge in [0.25, 0.3) is 0 Å². The summed E-state index contributed by atoms with van der Waals surface area (Å²) >= 11 is 1.76. The Kier molecular flexibility index (Phi) is 2.70. The summed E-state index contributed by atoms with van der Waals surface area (Å²) in [4.78, 5) is 0. The highest BCUT2D eigenvalue weighted by atomic mass is 32.1. The van der Waals surface area contributed by atoms with Gasteiger partial charge in [-0.2, -0.15) is 0 Å². The summed E-state index contributed by atoms with van der Waals surface area (Å²) in [6.45, 7) is 4.01. The summed E-state index contributed by atoms with van der Waals surface area (Å²) in [6.07, 6.45) is 0. The molecule has 2 aromatic rings. The molecule has 74 valence electrons. The molecule has 0 aliphatic heterocycles. The van der Waals surface area contributed by atoms with Crippen LogP contribution in [-0.4, -0.2) is 6.54 Å². The zero-order valence-corrected chi connectivity index (χ0v) is 9.03. The first-order valence-electron chi connectivity index (χ1n) is 4.78. The van der Waals surface area contributed by atoms with Crippen LogP contribution in [0.3, 0.4) is 0 Å². The van der Waals surface area contributed by atoms with Crippen LogP contribution < -0.4 is 11.1 Å². The van der Waals surface area contributed by atoms with Gasteiger partial charge in [0.2, 0.25) is 0 Å². The summed E-state index contributed by atoms with van der Waals surface area (Å²) < 4.78 is 1.28. The number of nitrogen functional groups attached to an aromatic ring is 1. The van der Waals surface area contributed by atoms with E-state index in [-0.39, 0.29) is 0 Å². The molecule has 0 unspecified atom stereocenters. The Labute approximate surface area is 87.7 Å². The van der Waals surface area contributed by atoms with Gasteiger partial charge in [0.05, 0.1) is 0 Å². The standard InChI is InChI=1S/C11H14N2S/c1-2-13-6-8-7-14-10-5-3-4-9(12)11(8)10/h3-5,7,13H,2,6,12H2,1H3. The molecule has 2 rings (SSSR count). The van der Waals surface area contributed by atoms with E-state index >= 15 is 0 Å². The maximum absolute atomic E-state index is 5.95. The normalized spacial score (nSPS) is 10.9. The zero-order chi connectivity index (χ0) is 9.97. The fourth-order valence-electron chi connectivity index (χ4n) is 1.57. The van der Waals surface area contributed by atoms with Crippen LogP contribution in [-0.2, 0) is 6.54 Å². The molecular weight excluding hydrogens is 192 g/mol. The molecule has 0 radical (unpaired) electrons. The van der Waals surface area contributed by atoms with E-state index in [1.807, 2.05) is 12.1 Å². The Morgan fingerprint density at radius 1 is 1.43 bits per heavy atom. The fraction of sp³-hybridized carbons (Fsp3) is 0.273. The van der Waals surface area contributed by atoms with Crippen LogP contribution in [0.15, 0.2) is 23.6 Å². The van der Waals surface area contributed by atoms with Gasteiger partial charge in [0.1, 0.15) is 0 Å². The van der Waals surface area contributed by atoms with Gasteiger partial charge >= 0.3 is 0 Å². The van der Waals surface area contributed by atoms with Crippen molar-refractivity contribution in [1.82, 2.24) is 5.32 Å². The van der Waals surface area contributed by atoms with Gasteiger partial charge in [-0.15, -0.1) is 11.3 Å². The smallest absolute Gasteiger partial charge is 0.0405 e. The van der Waals surface area contributed by atoms with E-state index in [1.165, 1.54) is 15.6 Å². The van der Waals surface area contributed by atoms with E-state index in [2.05, 4.69) is 23.7 Å². The first-order valence-corrected chi connectivity index (χ1v) is 5.66. The quantitative estimate of drug-likeness (QED) is 0.757. The molecule has 0 spiro atoms. The van der Waals surface area contributed by atoms with Crippen LogP contribution in [0, 0.1) is 0 Å². The molecule has 0 bridgehead atoms. The van der Waals surface area contributed by atoms with Crippen molar-refractivity contribution in [2.45, 2.75) is 13.5 Å². The predicted octanol–water partition coefficient (Wildman–Crippen LogP) is 2.59. The van der Waals surface area contributed by atoms with Crippen LogP contribution in [0.25, 0.3) is 10.1 Å². The Morgan fingerprint density at radius 2 is 2.29 bits per heavy atom. The highest BCUT2D eigenvalue weighted by Crippen LogP contribution is 2.30. The number of fused-ring (bicyclic) bond motifs is 1. The number of nitrogens with two attached hydrogens (primary N) is 1. The fourth-order valence-corrected chi connectivity index (χ4v) is 2.57. The van der Waals surface area contributed by atoms with Crippen molar-refractivity contribution >= 4 is 27.1 Å². The second-order valence-corrected chi connectivity index (χ2v) is 4.17. The molecule has 2 nitrogen and oxygen atoms in total. The number of anilines is 1. The second-order valence-electron chi connectivity index (χ2n) is 3.26. The molecule has 3 heteroatoms. The summed E-state index contributed by atoms with van der Waals surface area (Å²) in [7, 11) is 0. The van der Waals surface area contributed by atoms with Crippen LogP contribution in [0.5, 0.6) is 0 Å². The van der Waals surface area contributed by atoms with Gasteiger partial charge in [-0.25, -0.2) is 0 Å². The summed E-state index contributed by atoms with van der Waals surface area (Å²) in [5, 5.41) is 6.73. The van der Waals surface area contributed by atoms with Crippen LogP contribution >= 0.6 is 11.3 Å². The van der Waals surface area contributed by atoms with Gasteiger partial charge in [0, 0.05) is 22.3 Å². The number of hydrogen-bond donors (Lipinski definition) is 2. The van der Waals surface area contributed by atoms with E-state index in [4.69, 9.17) is 5.73 Å². The van der Waals surface area contributed by atoms with Crippen molar-refractivity contribution in [2.24, 2.45) is 0 Å². The topological polar surface area (TPSA) is 38.0 Å². The number of thiophene rings is 1. The first-order chi connectivity index (χ1) is 6.83. The van der Waals surface area contributed by atoms with E-state index in [1.54, 1.807) is 11.3 Å². The van der Waals surface area contributed by atoms with Crippen molar-refractivity contribution in [3.05, 3.63) is 29.1 Å². The number of hydrogen-bond acceptors (Lipinski definition) is 3. The van der Waals surface area contributed by atoms with Gasteiger partial charge < -0.3 is 11.1 Å². The molecular formula is C11H14N2S. The summed E-state index contributed by atoms with van der Waals surface area (Å²) in [5.74, 6) is 0. The molecule has 0 amide bonds. The highest BCUT2D eigenvalue weighted by molar-refractivity contribution is 7.17. The molecule has 0 saturated carbocycles. The maximum Gasteiger partial charge on any atom is 0.0405 e. The number of rotatable bonds is 3. The minimum atomic E-state index is 0.886. The average Bonchev–Trinajstić information content (AvgIpc) is 2.59. The van der Waals surface area contributed by atoms with E-state index in [0.717, 1.165) is 18.8 Å².